The second-order valence-electron chi connectivity index (χ2n) is 13.2. The number of aromatic nitrogens is 4. The van der Waals surface area contributed by atoms with Crippen molar-refractivity contribution in [1.29, 1.82) is 0 Å². The molecule has 0 bridgehead atoms. The Morgan fingerprint density at radius 1 is 0.700 bits per heavy atom. The minimum atomic E-state index is -3.93. The van der Waals surface area contributed by atoms with Gasteiger partial charge in [0.2, 0.25) is 19.7 Å². The molecule has 0 unspecified atom stereocenters. The van der Waals surface area contributed by atoms with Gasteiger partial charge >= 0.3 is 0 Å². The van der Waals surface area contributed by atoms with Gasteiger partial charge in [0.1, 0.15) is 54.7 Å². The number of hydrogen-bond donors (Lipinski definition) is 3. The molecule has 8 aromatic rings. The Bertz CT molecular complexity index is 3050. The van der Waals surface area contributed by atoms with Crippen LogP contribution in [0.4, 0.5) is 0 Å². The lowest BCUT2D eigenvalue weighted by Crippen LogP contribution is -2.15. The molecule has 0 saturated carbocycles. The lowest BCUT2D eigenvalue weighted by molar-refractivity contribution is 0.200. The molecule has 60 heavy (non-hydrogen) atoms. The maximum absolute atomic E-state index is 13.7. The lowest BCUT2D eigenvalue weighted by atomic mass is 10.1. The van der Waals surface area contributed by atoms with Gasteiger partial charge in [0.15, 0.2) is 15.8 Å². The van der Waals surface area contributed by atoms with Gasteiger partial charge in [0, 0.05) is 33.7 Å². The third kappa shape index (κ3) is 7.91. The second-order valence-corrected chi connectivity index (χ2v) is 17.3. The second kappa shape index (κ2) is 17.7. The normalized spacial score (nSPS) is 12.4. The molecule has 312 valence electrons. The van der Waals surface area contributed by atoms with Crippen molar-refractivity contribution in [2.24, 2.45) is 0 Å². The summed E-state index contributed by atoms with van der Waals surface area (Å²) < 4.78 is 78.5. The average molecular weight is 873 g/mol. The van der Waals surface area contributed by atoms with Crippen LogP contribution in [0.15, 0.2) is 129 Å². The predicted octanol–water partition coefficient (Wildman–Crippen LogP) is 6.96. The van der Waals surface area contributed by atoms with Crippen molar-refractivity contribution in [3.05, 3.63) is 109 Å². The number of ether oxygens (including phenoxy) is 4. The zero-order valence-electron chi connectivity index (χ0n) is 31.2. The van der Waals surface area contributed by atoms with Gasteiger partial charge < -0.3 is 29.2 Å². The number of aliphatic hydroxyl groups is 2. The van der Waals surface area contributed by atoms with Crippen LogP contribution < -0.4 is 18.9 Å². The molecule has 17 heteroatoms. The van der Waals surface area contributed by atoms with Crippen LogP contribution >= 0.6 is 11.6 Å². The summed E-state index contributed by atoms with van der Waals surface area (Å²) in [6, 6.07) is 31.5. The molecule has 1 aliphatic rings. The van der Waals surface area contributed by atoms with Gasteiger partial charge in [-0.05, 0) is 35.0 Å². The van der Waals surface area contributed by atoms with Crippen molar-refractivity contribution in [2.45, 2.75) is 33.8 Å². The van der Waals surface area contributed by atoms with E-state index in [-0.39, 0.29) is 66.2 Å². The fourth-order valence-corrected chi connectivity index (χ4v) is 10.2. The van der Waals surface area contributed by atoms with Crippen LogP contribution in [-0.2, 0) is 26.2 Å². The summed E-state index contributed by atoms with van der Waals surface area (Å²) in [6.07, 6.45) is 0. The van der Waals surface area contributed by atoms with E-state index in [1.165, 1.54) is 0 Å². The summed E-state index contributed by atoms with van der Waals surface area (Å²) in [7, 11) is -7.83. The van der Waals surface area contributed by atoms with Crippen LogP contribution in [0.1, 0.15) is 7.43 Å². The first-order valence-corrected chi connectivity index (χ1v) is 22.0. The van der Waals surface area contributed by atoms with Crippen molar-refractivity contribution in [3.63, 3.8) is 0 Å². The lowest BCUT2D eigenvalue weighted by Gasteiger charge is -2.16. The number of hydrogen-bond acceptors (Lipinski definition) is 12. The molecule has 3 N–H and O–H groups in total. The summed E-state index contributed by atoms with van der Waals surface area (Å²) in [5.74, 6) is 1.91. The Hall–Kier alpha value is -5.91. The zero-order valence-corrected chi connectivity index (χ0v) is 33.6. The summed E-state index contributed by atoms with van der Waals surface area (Å²) in [4.78, 5) is 0.390. The number of H-pyrrole nitrogens is 1. The molecule has 0 spiro atoms. The monoisotopic (exact) mass is 872 g/mol. The molecule has 1 aliphatic heterocycles. The van der Waals surface area contributed by atoms with Crippen LogP contribution in [0.25, 0.3) is 43.4 Å². The van der Waals surface area contributed by atoms with Crippen molar-refractivity contribution < 1.29 is 46.0 Å². The standard InChI is InChI=1S/C21H19ClN2O5S.C21H18N2O5S.CH4/c22-8-10-29-18-13-15(28-11-9-25)12-17-20(18)23-24-21(17)30(26,27)19-7-3-5-14-4-1-2-6-16(14)19;24-9-11-27-15-12-17-20-18(13-15)28-10-8-23(20)22-21(17)29(25,26)19-7-3-5-14-4-1-2-6-16(14)19;/h1-7,12-13,25H,8-11H2,(H,23,24);1-7,12-13,24H,8-11H2;1H4. The van der Waals surface area contributed by atoms with Crippen LogP contribution in [0.2, 0.25) is 0 Å². The summed E-state index contributed by atoms with van der Waals surface area (Å²) in [5, 5.41) is 33.0. The molecule has 9 rings (SSSR count). The van der Waals surface area contributed by atoms with E-state index in [2.05, 4.69) is 15.3 Å². The number of nitrogens with zero attached hydrogens (tertiary/aromatic N) is 3. The number of rotatable bonds is 13. The number of aliphatic hydroxyl groups excluding tert-OH is 2. The number of benzene rings is 6. The smallest absolute Gasteiger partial charge is 0.226 e. The summed E-state index contributed by atoms with van der Waals surface area (Å²) in [5.41, 5.74) is 0.988. The molecule has 0 fully saturated rings. The van der Waals surface area contributed by atoms with Gasteiger partial charge in [-0.2, -0.15) is 10.2 Å². The molecule has 0 amide bonds. The molecule has 3 heterocycles. The Morgan fingerprint density at radius 3 is 1.92 bits per heavy atom. The molecule has 2 aromatic heterocycles. The maximum Gasteiger partial charge on any atom is 0.226 e. The van der Waals surface area contributed by atoms with Crippen LogP contribution in [0.3, 0.4) is 0 Å². The molecule has 0 atom stereocenters. The minimum Gasteiger partial charge on any atom is -0.491 e. The number of aromatic amines is 1. The number of sulfone groups is 2. The topological polar surface area (TPSA) is 192 Å². The van der Waals surface area contributed by atoms with Crippen molar-refractivity contribution in [3.8, 4) is 23.0 Å². The van der Waals surface area contributed by atoms with Gasteiger partial charge in [0.25, 0.3) is 0 Å². The Labute approximate surface area is 350 Å². The van der Waals surface area contributed by atoms with E-state index in [9.17, 15) is 16.8 Å². The van der Waals surface area contributed by atoms with Gasteiger partial charge in [-0.3, -0.25) is 9.78 Å². The third-order valence-electron chi connectivity index (χ3n) is 9.53. The van der Waals surface area contributed by atoms with Crippen molar-refractivity contribution in [2.75, 3.05) is 45.5 Å². The quantitative estimate of drug-likeness (QED) is 0.101. The highest BCUT2D eigenvalue weighted by atomic mass is 35.5. The van der Waals surface area contributed by atoms with E-state index in [0.717, 1.165) is 10.8 Å². The Kier molecular flexibility index (Phi) is 12.5. The first-order valence-electron chi connectivity index (χ1n) is 18.5. The SMILES string of the molecule is C.O=S(=O)(c1cccc2ccccc12)c1[nH]nc2c(OCCCl)cc(OCCO)cc12.O=S(=O)(c1cccc2ccccc12)c1nn2c3c(cc(OCCO)cc13)OCC2. The molecular weight excluding hydrogens is 832 g/mol. The predicted molar refractivity (Wildman–Crippen MR) is 228 cm³/mol. The molecular formula is C43H41ClN4O10S2. The zero-order chi connectivity index (χ0) is 41.1. The Balaban J connectivity index is 0.000000179. The third-order valence-corrected chi connectivity index (χ3v) is 13.2. The van der Waals surface area contributed by atoms with E-state index in [0.29, 0.717) is 68.7 Å². The van der Waals surface area contributed by atoms with E-state index in [1.54, 1.807) is 71.4 Å². The minimum absolute atomic E-state index is 0. The average Bonchev–Trinajstić information content (AvgIpc) is 3.88. The first kappa shape index (κ1) is 42.2. The summed E-state index contributed by atoms with van der Waals surface area (Å²) in [6.45, 7) is 0.913. The fraction of sp³-hybridized carbons (Fsp3) is 0.209. The van der Waals surface area contributed by atoms with E-state index < -0.39 is 19.7 Å². The van der Waals surface area contributed by atoms with E-state index >= 15 is 0 Å². The largest absolute Gasteiger partial charge is 0.491 e. The van der Waals surface area contributed by atoms with Crippen molar-refractivity contribution >= 4 is 74.6 Å². The van der Waals surface area contributed by atoms with Crippen LogP contribution in [0.5, 0.6) is 23.0 Å². The van der Waals surface area contributed by atoms with E-state index in [1.807, 2.05) is 42.5 Å². The van der Waals surface area contributed by atoms with Gasteiger partial charge in [-0.1, -0.05) is 80.2 Å². The maximum atomic E-state index is 13.7. The highest BCUT2D eigenvalue weighted by molar-refractivity contribution is 7.92. The molecule has 14 nitrogen and oxygen atoms in total. The molecule has 0 saturated heterocycles. The molecule has 6 aromatic carbocycles. The molecule has 0 aliphatic carbocycles. The van der Waals surface area contributed by atoms with Crippen LogP contribution in [-0.4, -0.2) is 92.5 Å². The van der Waals surface area contributed by atoms with Gasteiger partial charge in [0.05, 0.1) is 35.4 Å². The Morgan fingerprint density at radius 2 is 1.28 bits per heavy atom. The number of nitrogens with one attached hydrogen (secondary N) is 1. The van der Waals surface area contributed by atoms with Crippen LogP contribution in [0, 0.1) is 0 Å². The fourth-order valence-electron chi connectivity index (χ4n) is 7.01. The van der Waals surface area contributed by atoms with Gasteiger partial charge in [-0.25, -0.2) is 16.8 Å². The van der Waals surface area contributed by atoms with Crippen molar-refractivity contribution in [1.82, 2.24) is 20.0 Å². The highest BCUT2D eigenvalue weighted by Crippen LogP contribution is 2.40. The number of halogens is 1. The van der Waals surface area contributed by atoms with Gasteiger partial charge in [-0.15, -0.1) is 11.6 Å². The summed E-state index contributed by atoms with van der Waals surface area (Å²) >= 11 is 5.73. The number of alkyl halides is 1. The van der Waals surface area contributed by atoms with E-state index in [4.69, 9.17) is 40.8 Å². The first-order chi connectivity index (χ1) is 28.6. The highest BCUT2D eigenvalue weighted by Gasteiger charge is 2.31. The molecule has 0 radical (unpaired) electrons. The number of fused-ring (bicyclic) bond motifs is 3.